The number of aliphatic hydroxyl groups excluding tert-OH is 1. The van der Waals surface area contributed by atoms with Crippen LogP contribution in [-0.4, -0.2) is 42.3 Å². The fourth-order valence-corrected chi connectivity index (χ4v) is 5.76. The third-order valence-electron chi connectivity index (χ3n) is 8.34. The van der Waals surface area contributed by atoms with Gasteiger partial charge in [-0.25, -0.2) is 0 Å². The highest BCUT2D eigenvalue weighted by Gasteiger charge is 2.45. The largest absolute Gasteiger partial charge is 0.507 e. The van der Waals surface area contributed by atoms with Crippen LogP contribution in [0.4, 0.5) is 5.69 Å². The van der Waals surface area contributed by atoms with Crippen LogP contribution in [0.25, 0.3) is 5.76 Å². The Morgan fingerprint density at radius 2 is 1.22 bits per heavy atom. The number of rotatable bonds is 18. The molecule has 41 heavy (non-hydrogen) atoms. The monoisotopic (exact) mass is 560 g/mol. The average Bonchev–Trinajstić information content (AvgIpc) is 3.22. The van der Waals surface area contributed by atoms with Crippen molar-refractivity contribution in [2.75, 3.05) is 25.5 Å². The topological polar surface area (TPSA) is 60.9 Å². The maximum atomic E-state index is 13.3. The number of anilines is 1. The number of nitrogens with zero attached hydrogens (tertiary/aromatic N) is 2. The highest BCUT2D eigenvalue weighted by atomic mass is 16.3. The van der Waals surface area contributed by atoms with Gasteiger partial charge in [0.15, 0.2) is 0 Å². The highest BCUT2D eigenvalue weighted by molar-refractivity contribution is 6.46. The van der Waals surface area contributed by atoms with Gasteiger partial charge < -0.3 is 14.9 Å². The van der Waals surface area contributed by atoms with Crippen molar-refractivity contribution >= 4 is 23.1 Å². The lowest BCUT2D eigenvalue weighted by molar-refractivity contribution is -0.139. The highest BCUT2D eigenvalue weighted by Crippen LogP contribution is 2.40. The zero-order chi connectivity index (χ0) is 29.6. The number of carbonyl (C=O) groups excluding carboxylic acids is 2. The second kappa shape index (κ2) is 17.0. The van der Waals surface area contributed by atoms with E-state index in [-0.39, 0.29) is 11.3 Å². The van der Waals surface area contributed by atoms with Crippen LogP contribution in [0.2, 0.25) is 0 Å². The first-order chi connectivity index (χ1) is 19.8. The van der Waals surface area contributed by atoms with Crippen LogP contribution in [0, 0.1) is 6.92 Å². The Bertz CT molecular complexity index is 1120. The molecule has 2 aromatic carbocycles. The molecule has 1 aliphatic heterocycles. The van der Waals surface area contributed by atoms with Crippen LogP contribution in [0.1, 0.15) is 120 Å². The van der Waals surface area contributed by atoms with E-state index in [2.05, 4.69) is 6.92 Å². The predicted molar refractivity (Wildman–Crippen MR) is 171 cm³/mol. The van der Waals surface area contributed by atoms with Gasteiger partial charge in [0, 0.05) is 31.9 Å². The molecule has 5 heteroatoms. The zero-order valence-corrected chi connectivity index (χ0v) is 26.0. The van der Waals surface area contributed by atoms with Crippen molar-refractivity contribution in [3.05, 3.63) is 70.8 Å². The molecule has 0 spiro atoms. The van der Waals surface area contributed by atoms with Crippen LogP contribution >= 0.6 is 0 Å². The van der Waals surface area contributed by atoms with Crippen molar-refractivity contribution < 1.29 is 14.7 Å². The molecule has 0 aliphatic carbocycles. The van der Waals surface area contributed by atoms with Gasteiger partial charge in [0.1, 0.15) is 5.76 Å². The van der Waals surface area contributed by atoms with E-state index >= 15 is 0 Å². The zero-order valence-electron chi connectivity index (χ0n) is 26.0. The van der Waals surface area contributed by atoms with Crippen molar-refractivity contribution in [3.8, 4) is 0 Å². The summed E-state index contributed by atoms with van der Waals surface area (Å²) in [5.41, 5.74) is 3.68. The number of hydrogen-bond donors (Lipinski definition) is 1. The van der Waals surface area contributed by atoms with E-state index in [1.807, 2.05) is 62.3 Å². The van der Waals surface area contributed by atoms with Crippen LogP contribution in [0.3, 0.4) is 0 Å². The van der Waals surface area contributed by atoms with Gasteiger partial charge >= 0.3 is 0 Å². The number of amides is 1. The molecule has 0 aromatic heterocycles. The summed E-state index contributed by atoms with van der Waals surface area (Å²) in [6, 6.07) is 14.7. The van der Waals surface area contributed by atoms with Gasteiger partial charge in [0.05, 0.1) is 11.6 Å². The Labute approximate surface area is 248 Å². The Balaban J connectivity index is 1.57. The number of carbonyl (C=O) groups is 2. The molecule has 3 rings (SSSR count). The minimum absolute atomic E-state index is 0.103. The normalized spacial score (nSPS) is 16.5. The second-order valence-corrected chi connectivity index (χ2v) is 11.9. The van der Waals surface area contributed by atoms with Crippen molar-refractivity contribution in [2.45, 2.75) is 110 Å². The molecule has 224 valence electrons. The summed E-state index contributed by atoms with van der Waals surface area (Å²) in [7, 11) is 3.96. The van der Waals surface area contributed by atoms with E-state index in [9.17, 15) is 14.7 Å². The van der Waals surface area contributed by atoms with Gasteiger partial charge in [0.25, 0.3) is 11.7 Å². The molecule has 1 aliphatic rings. The molecule has 1 amide bonds. The minimum Gasteiger partial charge on any atom is -0.507 e. The quantitative estimate of drug-likeness (QED) is 0.0855. The lowest BCUT2D eigenvalue weighted by Crippen LogP contribution is -2.30. The number of hydrogen-bond acceptors (Lipinski definition) is 4. The third-order valence-corrected chi connectivity index (χ3v) is 8.34. The molecule has 0 bridgehead atoms. The standard InChI is InChI=1S/C36H52N2O3/c1-5-6-7-8-9-10-11-12-13-14-15-16-17-18-27-38-33(29-23-25-31(26-24-29)37(3)4)32(35(40)36(38)41)34(39)30-21-19-28(2)20-22-30/h19-26,33,39H,5-18,27H2,1-4H3. The fourth-order valence-electron chi connectivity index (χ4n) is 5.76. The molecule has 2 aromatic rings. The van der Waals surface area contributed by atoms with Gasteiger partial charge in [-0.05, 0) is 31.0 Å². The molecule has 1 unspecified atom stereocenters. The Morgan fingerprint density at radius 3 is 1.71 bits per heavy atom. The third kappa shape index (κ3) is 9.48. The van der Waals surface area contributed by atoms with E-state index in [1.54, 1.807) is 17.0 Å². The number of aryl methyl sites for hydroxylation is 1. The summed E-state index contributed by atoms with van der Waals surface area (Å²) in [5.74, 6) is -1.22. The summed E-state index contributed by atoms with van der Waals surface area (Å²) in [5, 5.41) is 11.3. The first-order valence-electron chi connectivity index (χ1n) is 16.0. The average molecular weight is 561 g/mol. The van der Waals surface area contributed by atoms with E-state index in [0.717, 1.165) is 36.1 Å². The maximum absolute atomic E-state index is 13.3. The molecule has 1 atom stereocenters. The summed E-state index contributed by atoms with van der Waals surface area (Å²) >= 11 is 0. The SMILES string of the molecule is CCCCCCCCCCCCCCCCN1C(=O)C(=O)C(=C(O)c2ccc(C)cc2)C1c1ccc(N(C)C)cc1. The molecule has 1 fully saturated rings. The minimum atomic E-state index is -0.602. The summed E-state index contributed by atoms with van der Waals surface area (Å²) < 4.78 is 0. The number of aliphatic hydroxyl groups is 1. The number of likely N-dealkylation sites (tertiary alicyclic amines) is 1. The molecule has 1 saturated heterocycles. The molecule has 5 nitrogen and oxygen atoms in total. The smallest absolute Gasteiger partial charge is 0.295 e. The van der Waals surface area contributed by atoms with Crippen molar-refractivity contribution in [1.29, 1.82) is 0 Å². The lowest BCUT2D eigenvalue weighted by atomic mass is 9.94. The van der Waals surface area contributed by atoms with Gasteiger partial charge in [-0.15, -0.1) is 0 Å². The van der Waals surface area contributed by atoms with Crippen molar-refractivity contribution in [3.63, 3.8) is 0 Å². The maximum Gasteiger partial charge on any atom is 0.295 e. The van der Waals surface area contributed by atoms with E-state index in [1.165, 1.54) is 70.6 Å². The van der Waals surface area contributed by atoms with Crippen LogP contribution < -0.4 is 4.90 Å². The molecular formula is C36H52N2O3. The summed E-state index contributed by atoms with van der Waals surface area (Å²) in [6.07, 6.45) is 17.8. The Morgan fingerprint density at radius 1 is 0.732 bits per heavy atom. The molecule has 1 heterocycles. The van der Waals surface area contributed by atoms with Gasteiger partial charge in [-0.1, -0.05) is 132 Å². The number of Topliss-reactive ketones (excluding diaryl/α,β-unsaturated/α-hetero) is 1. The Kier molecular flexibility index (Phi) is 13.5. The van der Waals surface area contributed by atoms with E-state index < -0.39 is 17.7 Å². The number of ketones is 1. The molecule has 0 saturated carbocycles. The number of unbranched alkanes of at least 4 members (excludes halogenated alkanes) is 13. The van der Waals surface area contributed by atoms with Crippen LogP contribution in [-0.2, 0) is 9.59 Å². The van der Waals surface area contributed by atoms with Gasteiger partial charge in [0.2, 0.25) is 0 Å². The fraction of sp³-hybridized carbons (Fsp3) is 0.556. The van der Waals surface area contributed by atoms with E-state index in [4.69, 9.17) is 0 Å². The van der Waals surface area contributed by atoms with Crippen LogP contribution in [0.15, 0.2) is 54.1 Å². The first kappa shape index (κ1) is 32.4. The lowest BCUT2D eigenvalue weighted by Gasteiger charge is -2.26. The van der Waals surface area contributed by atoms with E-state index in [0.29, 0.717) is 12.1 Å². The first-order valence-corrected chi connectivity index (χ1v) is 16.0. The molecular weight excluding hydrogens is 508 g/mol. The molecule has 1 N–H and O–H groups in total. The van der Waals surface area contributed by atoms with Crippen molar-refractivity contribution in [2.24, 2.45) is 0 Å². The van der Waals surface area contributed by atoms with Gasteiger partial charge in [-0.3, -0.25) is 9.59 Å². The number of benzene rings is 2. The summed E-state index contributed by atoms with van der Waals surface area (Å²) in [6.45, 7) is 4.75. The summed E-state index contributed by atoms with van der Waals surface area (Å²) in [4.78, 5) is 30.2. The second-order valence-electron chi connectivity index (χ2n) is 11.9. The molecule has 0 radical (unpaired) electrons. The predicted octanol–water partition coefficient (Wildman–Crippen LogP) is 8.96. The Hall–Kier alpha value is -3.08. The van der Waals surface area contributed by atoms with Crippen LogP contribution in [0.5, 0.6) is 0 Å². The van der Waals surface area contributed by atoms with Gasteiger partial charge in [-0.2, -0.15) is 0 Å². The van der Waals surface area contributed by atoms with Crippen molar-refractivity contribution in [1.82, 2.24) is 4.90 Å².